The predicted molar refractivity (Wildman–Crippen MR) is 95.0 cm³/mol. The third kappa shape index (κ3) is 2.90. The zero-order valence-electron chi connectivity index (χ0n) is 13.2. The summed E-state index contributed by atoms with van der Waals surface area (Å²) in [6, 6.07) is 4.62. The van der Waals surface area contributed by atoms with Crippen LogP contribution in [-0.2, 0) is 16.4 Å². The van der Waals surface area contributed by atoms with Gasteiger partial charge in [0.25, 0.3) is 5.16 Å². The van der Waals surface area contributed by atoms with Gasteiger partial charge in [-0.15, -0.1) is 0 Å². The molecule has 0 atom stereocenters. The zero-order valence-corrected chi connectivity index (χ0v) is 15.6. The van der Waals surface area contributed by atoms with E-state index in [0.29, 0.717) is 21.5 Å². The average molecular weight is 440 g/mol. The third-order valence-corrected chi connectivity index (χ3v) is 4.97. The Morgan fingerprint density at radius 1 is 1.31 bits per heavy atom. The second-order valence-corrected chi connectivity index (χ2v) is 8.27. The number of para-hydroxylation sites is 1. The highest BCUT2D eigenvalue weighted by molar-refractivity contribution is 9.10. The normalized spacial score (nSPS) is 12.1. The molecule has 4 aromatic rings. The molecule has 0 spiro atoms. The minimum Gasteiger partial charge on any atom is -0.347 e. The monoisotopic (exact) mass is 439 g/mol. The van der Waals surface area contributed by atoms with Gasteiger partial charge < -0.3 is 10.3 Å². The van der Waals surface area contributed by atoms with Gasteiger partial charge in [-0.3, -0.25) is 0 Å². The van der Waals surface area contributed by atoms with Crippen LogP contribution in [0, 0.1) is 5.82 Å². The van der Waals surface area contributed by atoms with E-state index in [-0.39, 0.29) is 23.2 Å². The fourth-order valence-electron chi connectivity index (χ4n) is 2.41. The SMILES string of the molecule is CS(=O)(=O)c1nc(NCc2nc3c(F)cccc3[nH]2)n2ncc(Br)c2n1. The van der Waals surface area contributed by atoms with Gasteiger partial charge >= 0.3 is 0 Å². The number of imidazole rings is 1. The van der Waals surface area contributed by atoms with E-state index >= 15 is 0 Å². The fourth-order valence-corrected chi connectivity index (χ4v) is 3.26. The van der Waals surface area contributed by atoms with E-state index in [1.54, 1.807) is 12.1 Å². The van der Waals surface area contributed by atoms with Gasteiger partial charge in [0.2, 0.25) is 15.8 Å². The first-order valence-electron chi connectivity index (χ1n) is 7.31. The van der Waals surface area contributed by atoms with Crippen molar-refractivity contribution in [3.63, 3.8) is 0 Å². The molecular formula is C14H11BrFN7O2S. The van der Waals surface area contributed by atoms with E-state index in [2.05, 4.69) is 46.3 Å². The topological polar surface area (TPSA) is 118 Å². The van der Waals surface area contributed by atoms with Gasteiger partial charge in [0.15, 0.2) is 11.5 Å². The maximum atomic E-state index is 13.7. The van der Waals surface area contributed by atoms with E-state index in [9.17, 15) is 12.8 Å². The van der Waals surface area contributed by atoms with Crippen molar-refractivity contribution in [3.05, 3.63) is 40.5 Å². The number of nitrogens with one attached hydrogen (secondary N) is 2. The smallest absolute Gasteiger partial charge is 0.252 e. The Labute approximate surface area is 154 Å². The lowest BCUT2D eigenvalue weighted by Gasteiger charge is -2.07. The predicted octanol–water partition coefficient (Wildman–Crippen LogP) is 1.92. The molecule has 0 saturated carbocycles. The second kappa shape index (κ2) is 5.99. The van der Waals surface area contributed by atoms with Crippen LogP contribution in [0.2, 0.25) is 0 Å². The van der Waals surface area contributed by atoms with Gasteiger partial charge in [0, 0.05) is 6.26 Å². The van der Waals surface area contributed by atoms with Gasteiger partial charge in [0.1, 0.15) is 11.3 Å². The number of sulfone groups is 1. The molecule has 2 N–H and O–H groups in total. The Morgan fingerprint density at radius 2 is 2.12 bits per heavy atom. The quantitative estimate of drug-likeness (QED) is 0.498. The van der Waals surface area contributed by atoms with Gasteiger partial charge in [-0.1, -0.05) is 6.07 Å². The van der Waals surface area contributed by atoms with Crippen molar-refractivity contribution in [2.45, 2.75) is 11.7 Å². The number of anilines is 1. The van der Waals surface area contributed by atoms with Crippen molar-refractivity contribution in [2.24, 2.45) is 0 Å². The van der Waals surface area contributed by atoms with Crippen LogP contribution in [0.3, 0.4) is 0 Å². The molecule has 0 bridgehead atoms. The summed E-state index contributed by atoms with van der Waals surface area (Å²) in [6.07, 6.45) is 2.51. The van der Waals surface area contributed by atoms with Gasteiger partial charge in [0.05, 0.1) is 22.7 Å². The lowest BCUT2D eigenvalue weighted by molar-refractivity contribution is 0.592. The summed E-state index contributed by atoms with van der Waals surface area (Å²) in [6.45, 7) is 0.154. The number of benzene rings is 1. The summed E-state index contributed by atoms with van der Waals surface area (Å²) in [5.41, 5.74) is 1.10. The average Bonchev–Trinajstić information content (AvgIpc) is 3.17. The molecule has 0 amide bonds. The number of hydrogen-bond acceptors (Lipinski definition) is 7. The molecule has 0 aliphatic carbocycles. The first-order valence-corrected chi connectivity index (χ1v) is 9.99. The van der Waals surface area contributed by atoms with Gasteiger partial charge in [-0.2, -0.15) is 19.6 Å². The number of H-pyrrole nitrogens is 1. The van der Waals surface area contributed by atoms with Crippen molar-refractivity contribution in [3.8, 4) is 0 Å². The molecule has 4 rings (SSSR count). The summed E-state index contributed by atoms with van der Waals surface area (Å²) in [5, 5.41) is 6.74. The minimum absolute atomic E-state index is 0.154. The van der Waals surface area contributed by atoms with Crippen LogP contribution in [-0.4, -0.2) is 44.2 Å². The van der Waals surface area contributed by atoms with Crippen LogP contribution in [0.5, 0.6) is 0 Å². The van der Waals surface area contributed by atoms with E-state index in [0.717, 1.165) is 6.26 Å². The summed E-state index contributed by atoms with van der Waals surface area (Å²) in [4.78, 5) is 15.2. The Bertz CT molecular complexity index is 1250. The maximum absolute atomic E-state index is 13.7. The van der Waals surface area contributed by atoms with Crippen molar-refractivity contribution in [2.75, 3.05) is 11.6 Å². The molecule has 0 saturated heterocycles. The van der Waals surface area contributed by atoms with Crippen molar-refractivity contribution in [1.29, 1.82) is 0 Å². The van der Waals surface area contributed by atoms with E-state index in [1.807, 2.05) is 0 Å². The van der Waals surface area contributed by atoms with E-state index in [1.165, 1.54) is 16.8 Å². The number of aromatic nitrogens is 6. The number of aromatic amines is 1. The third-order valence-electron chi connectivity index (χ3n) is 3.56. The van der Waals surface area contributed by atoms with Crippen LogP contribution in [0.15, 0.2) is 34.0 Å². The lowest BCUT2D eigenvalue weighted by atomic mass is 10.3. The van der Waals surface area contributed by atoms with Crippen LogP contribution in [0.4, 0.5) is 10.3 Å². The maximum Gasteiger partial charge on any atom is 0.252 e. The molecule has 0 fully saturated rings. The molecule has 9 nitrogen and oxygen atoms in total. The Balaban J connectivity index is 1.73. The van der Waals surface area contributed by atoms with Crippen LogP contribution < -0.4 is 5.32 Å². The van der Waals surface area contributed by atoms with E-state index < -0.39 is 15.7 Å². The number of nitrogens with zero attached hydrogens (tertiary/aromatic N) is 5. The van der Waals surface area contributed by atoms with Crippen molar-refractivity contribution < 1.29 is 12.8 Å². The number of halogens is 2. The number of rotatable bonds is 4. The largest absolute Gasteiger partial charge is 0.347 e. The summed E-state index contributed by atoms with van der Waals surface area (Å²) in [5.74, 6) is 0.204. The standard InChI is InChI=1S/C14H11BrFN7O2S/c1-26(24,25)14-21-12-7(15)5-18-23(12)13(22-14)17-6-10-19-9-4-2-3-8(16)11(9)20-10/h2-5H,6H2,1H3,(H,19,20)(H,17,21,22). The van der Waals surface area contributed by atoms with Gasteiger partial charge in [-0.25, -0.2) is 17.8 Å². The van der Waals surface area contributed by atoms with Crippen molar-refractivity contribution >= 4 is 48.4 Å². The fraction of sp³-hybridized carbons (Fsp3) is 0.143. The molecule has 12 heteroatoms. The number of fused-ring (bicyclic) bond motifs is 2. The van der Waals surface area contributed by atoms with Crippen LogP contribution in [0.25, 0.3) is 16.7 Å². The van der Waals surface area contributed by atoms with Crippen molar-refractivity contribution in [1.82, 2.24) is 29.5 Å². The second-order valence-electron chi connectivity index (χ2n) is 5.50. The molecule has 0 unspecified atom stereocenters. The Hall–Kier alpha value is -2.60. The summed E-state index contributed by atoms with van der Waals surface area (Å²) < 4.78 is 39.3. The molecule has 3 aromatic heterocycles. The first-order chi connectivity index (χ1) is 12.3. The molecule has 0 radical (unpaired) electrons. The zero-order chi connectivity index (χ0) is 18.5. The highest BCUT2D eigenvalue weighted by Gasteiger charge is 2.18. The molecular weight excluding hydrogens is 429 g/mol. The van der Waals surface area contributed by atoms with E-state index in [4.69, 9.17) is 0 Å². The molecule has 26 heavy (non-hydrogen) atoms. The molecule has 1 aromatic carbocycles. The van der Waals surface area contributed by atoms with Gasteiger partial charge in [-0.05, 0) is 28.1 Å². The Morgan fingerprint density at radius 3 is 2.85 bits per heavy atom. The number of hydrogen-bond donors (Lipinski definition) is 2. The molecule has 134 valence electrons. The highest BCUT2D eigenvalue weighted by atomic mass is 79.9. The molecule has 0 aliphatic rings. The van der Waals surface area contributed by atoms with Crippen LogP contribution in [0.1, 0.15) is 5.82 Å². The molecule has 0 aliphatic heterocycles. The minimum atomic E-state index is -3.62. The van der Waals surface area contributed by atoms with Crippen LogP contribution >= 0.6 is 15.9 Å². The molecule has 3 heterocycles. The highest BCUT2D eigenvalue weighted by Crippen LogP contribution is 2.20. The summed E-state index contributed by atoms with van der Waals surface area (Å²) in [7, 11) is -3.62. The Kier molecular flexibility index (Phi) is 3.88. The first kappa shape index (κ1) is 16.8. The lowest BCUT2D eigenvalue weighted by Crippen LogP contribution is -2.13. The summed E-state index contributed by atoms with van der Waals surface area (Å²) >= 11 is 3.27.